The van der Waals surface area contributed by atoms with Gasteiger partial charge < -0.3 is 14.4 Å². The van der Waals surface area contributed by atoms with Crippen LogP contribution in [0.1, 0.15) is 40.9 Å². The van der Waals surface area contributed by atoms with Crippen LogP contribution in [0.15, 0.2) is 24.7 Å². The molecule has 3 aromatic rings. The highest BCUT2D eigenvalue weighted by molar-refractivity contribution is 5.92. The smallest absolute Gasteiger partial charge is 0.274 e. The quantitative estimate of drug-likeness (QED) is 0.681. The molecule has 1 aliphatic rings. The van der Waals surface area contributed by atoms with Gasteiger partial charge >= 0.3 is 0 Å². The zero-order valence-electron chi connectivity index (χ0n) is 15.9. The Bertz CT molecular complexity index is 918. The molecule has 1 fully saturated rings. The van der Waals surface area contributed by atoms with Gasteiger partial charge in [-0.25, -0.2) is 9.97 Å². The predicted molar refractivity (Wildman–Crippen MR) is 99.3 cm³/mol. The van der Waals surface area contributed by atoms with Crippen molar-refractivity contribution in [3.63, 3.8) is 0 Å². The number of imidazole rings is 1. The average Bonchev–Trinajstić information content (AvgIpc) is 3.25. The third-order valence-corrected chi connectivity index (χ3v) is 5.06. The standard InChI is InChI=1S/C18H24N8O/c1-23(2)12-15-21-22-16(24(15)3)13-5-9-25(10-6-13)17(27)14-11-26-8-4-7-19-18(26)20-14/h4,7-8,11,13H,5-6,9-10,12H2,1-3H3. The molecule has 142 valence electrons. The van der Waals surface area contributed by atoms with Crippen LogP contribution in [-0.2, 0) is 13.6 Å². The van der Waals surface area contributed by atoms with Gasteiger partial charge in [0.15, 0.2) is 0 Å². The van der Waals surface area contributed by atoms with Crippen LogP contribution in [0.5, 0.6) is 0 Å². The fourth-order valence-electron chi connectivity index (χ4n) is 3.59. The maximum Gasteiger partial charge on any atom is 0.274 e. The van der Waals surface area contributed by atoms with Gasteiger partial charge in [0.1, 0.15) is 17.3 Å². The molecule has 0 N–H and O–H groups in total. The van der Waals surface area contributed by atoms with Crippen molar-refractivity contribution >= 4 is 11.7 Å². The molecule has 0 atom stereocenters. The fraction of sp³-hybridized carbons (Fsp3) is 0.500. The summed E-state index contributed by atoms with van der Waals surface area (Å²) in [4.78, 5) is 25.3. The largest absolute Gasteiger partial charge is 0.337 e. The molecule has 0 saturated carbocycles. The molecule has 1 aliphatic heterocycles. The third-order valence-electron chi connectivity index (χ3n) is 5.06. The second-order valence-electron chi connectivity index (χ2n) is 7.29. The SMILES string of the molecule is CN(C)Cc1nnc(C2CCN(C(=O)c3cn4cccnc4n3)CC2)n1C. The van der Waals surface area contributed by atoms with Crippen LogP contribution in [0, 0.1) is 0 Å². The van der Waals surface area contributed by atoms with Crippen molar-refractivity contribution in [2.24, 2.45) is 7.05 Å². The van der Waals surface area contributed by atoms with Gasteiger partial charge in [-0.05, 0) is 33.0 Å². The lowest BCUT2D eigenvalue weighted by Gasteiger charge is -2.31. The van der Waals surface area contributed by atoms with E-state index < -0.39 is 0 Å². The molecule has 4 heterocycles. The van der Waals surface area contributed by atoms with Gasteiger partial charge in [0.25, 0.3) is 5.91 Å². The number of carbonyl (C=O) groups is 1. The van der Waals surface area contributed by atoms with Crippen LogP contribution < -0.4 is 0 Å². The molecule has 0 unspecified atom stereocenters. The Hall–Kier alpha value is -2.81. The van der Waals surface area contributed by atoms with Crippen molar-refractivity contribution in [1.82, 2.24) is 38.9 Å². The van der Waals surface area contributed by atoms with E-state index in [1.165, 1.54) is 0 Å². The minimum atomic E-state index is -0.0368. The first-order valence-electron chi connectivity index (χ1n) is 9.15. The molecular formula is C18H24N8O. The van der Waals surface area contributed by atoms with E-state index >= 15 is 0 Å². The van der Waals surface area contributed by atoms with E-state index in [0.717, 1.165) is 31.0 Å². The minimum Gasteiger partial charge on any atom is -0.337 e. The lowest BCUT2D eigenvalue weighted by Crippen LogP contribution is -2.38. The van der Waals surface area contributed by atoms with Gasteiger partial charge in [-0.3, -0.25) is 9.20 Å². The third kappa shape index (κ3) is 3.42. The van der Waals surface area contributed by atoms with Gasteiger partial charge in [0, 0.05) is 44.6 Å². The number of likely N-dealkylation sites (tertiary alicyclic amines) is 1. The van der Waals surface area contributed by atoms with Gasteiger partial charge in [-0.15, -0.1) is 10.2 Å². The molecular weight excluding hydrogens is 344 g/mol. The number of aromatic nitrogens is 6. The second kappa shape index (κ2) is 7.07. The molecule has 0 spiro atoms. The van der Waals surface area contributed by atoms with E-state index in [2.05, 4.69) is 29.6 Å². The first kappa shape index (κ1) is 17.6. The highest BCUT2D eigenvalue weighted by Crippen LogP contribution is 2.27. The minimum absolute atomic E-state index is 0.0368. The Kier molecular flexibility index (Phi) is 4.61. The lowest BCUT2D eigenvalue weighted by atomic mass is 9.95. The summed E-state index contributed by atoms with van der Waals surface area (Å²) in [5.74, 6) is 2.81. The van der Waals surface area contributed by atoms with Gasteiger partial charge in [-0.2, -0.15) is 0 Å². The fourth-order valence-corrected chi connectivity index (χ4v) is 3.59. The summed E-state index contributed by atoms with van der Waals surface area (Å²) in [6.07, 6.45) is 7.02. The molecule has 0 bridgehead atoms. The highest BCUT2D eigenvalue weighted by atomic mass is 16.2. The highest BCUT2D eigenvalue weighted by Gasteiger charge is 2.28. The van der Waals surface area contributed by atoms with Crippen molar-refractivity contribution in [2.75, 3.05) is 27.2 Å². The van der Waals surface area contributed by atoms with Crippen LogP contribution in [0.4, 0.5) is 0 Å². The monoisotopic (exact) mass is 368 g/mol. The maximum absolute atomic E-state index is 12.8. The molecule has 1 saturated heterocycles. The molecule has 0 radical (unpaired) electrons. The van der Waals surface area contributed by atoms with Gasteiger partial charge in [-0.1, -0.05) is 0 Å². The molecule has 9 nitrogen and oxygen atoms in total. The number of fused-ring (bicyclic) bond motifs is 1. The van der Waals surface area contributed by atoms with E-state index in [1.54, 1.807) is 16.8 Å². The van der Waals surface area contributed by atoms with Crippen LogP contribution >= 0.6 is 0 Å². The lowest BCUT2D eigenvalue weighted by molar-refractivity contribution is 0.0705. The van der Waals surface area contributed by atoms with Crippen molar-refractivity contribution in [1.29, 1.82) is 0 Å². The number of nitrogens with zero attached hydrogens (tertiary/aromatic N) is 8. The van der Waals surface area contributed by atoms with Crippen molar-refractivity contribution < 1.29 is 4.79 Å². The molecule has 3 aromatic heterocycles. The Balaban J connectivity index is 1.43. The van der Waals surface area contributed by atoms with Crippen molar-refractivity contribution in [2.45, 2.75) is 25.3 Å². The first-order valence-corrected chi connectivity index (χ1v) is 9.15. The summed E-state index contributed by atoms with van der Waals surface area (Å²) in [5.41, 5.74) is 0.444. The van der Waals surface area contributed by atoms with Crippen LogP contribution in [0.25, 0.3) is 5.78 Å². The Morgan fingerprint density at radius 3 is 2.74 bits per heavy atom. The van der Waals surface area contributed by atoms with Gasteiger partial charge in [0.05, 0.1) is 6.54 Å². The summed E-state index contributed by atoms with van der Waals surface area (Å²) >= 11 is 0. The number of piperidine rings is 1. The van der Waals surface area contributed by atoms with E-state index in [-0.39, 0.29) is 5.91 Å². The molecule has 9 heteroatoms. The Morgan fingerprint density at radius 2 is 2.04 bits per heavy atom. The number of carbonyl (C=O) groups excluding carboxylic acids is 1. The molecule has 0 aromatic carbocycles. The number of hydrogen-bond acceptors (Lipinski definition) is 6. The zero-order chi connectivity index (χ0) is 19.0. The van der Waals surface area contributed by atoms with Crippen LogP contribution in [0.3, 0.4) is 0 Å². The van der Waals surface area contributed by atoms with Crippen molar-refractivity contribution in [3.05, 3.63) is 42.0 Å². The van der Waals surface area contributed by atoms with Crippen LogP contribution in [-0.4, -0.2) is 72.0 Å². The van der Waals surface area contributed by atoms with E-state index in [0.29, 0.717) is 30.5 Å². The number of amides is 1. The van der Waals surface area contributed by atoms with Crippen molar-refractivity contribution in [3.8, 4) is 0 Å². The van der Waals surface area contributed by atoms with Crippen LogP contribution in [0.2, 0.25) is 0 Å². The number of rotatable bonds is 4. The molecule has 0 aliphatic carbocycles. The van der Waals surface area contributed by atoms with Gasteiger partial charge in [0.2, 0.25) is 5.78 Å². The summed E-state index contributed by atoms with van der Waals surface area (Å²) < 4.78 is 3.86. The summed E-state index contributed by atoms with van der Waals surface area (Å²) in [7, 11) is 6.07. The molecule has 27 heavy (non-hydrogen) atoms. The first-order chi connectivity index (χ1) is 13.0. The van der Waals surface area contributed by atoms with E-state index in [9.17, 15) is 4.79 Å². The number of hydrogen-bond donors (Lipinski definition) is 0. The second-order valence-corrected chi connectivity index (χ2v) is 7.29. The molecule has 1 amide bonds. The maximum atomic E-state index is 12.8. The topological polar surface area (TPSA) is 84.5 Å². The zero-order valence-corrected chi connectivity index (χ0v) is 15.9. The normalized spacial score (nSPS) is 15.8. The van der Waals surface area contributed by atoms with E-state index in [1.807, 2.05) is 38.3 Å². The Labute approximate surface area is 157 Å². The summed E-state index contributed by atoms with van der Waals surface area (Å²) in [5, 5.41) is 8.74. The average molecular weight is 368 g/mol. The predicted octanol–water partition coefficient (Wildman–Crippen LogP) is 0.939. The summed E-state index contributed by atoms with van der Waals surface area (Å²) in [6, 6.07) is 1.82. The van der Waals surface area contributed by atoms with E-state index in [4.69, 9.17) is 0 Å². The summed E-state index contributed by atoms with van der Waals surface area (Å²) in [6.45, 7) is 2.16. The Morgan fingerprint density at radius 1 is 1.26 bits per heavy atom. The molecule has 4 rings (SSSR count).